The molecule has 6 heteroatoms. The summed E-state index contributed by atoms with van der Waals surface area (Å²) in [6.45, 7) is 1.55. The fourth-order valence-electron chi connectivity index (χ4n) is 2.70. The smallest absolute Gasteiger partial charge is 0.339 e. The fourth-order valence-corrected chi connectivity index (χ4v) is 2.70. The molecule has 0 saturated heterocycles. The van der Waals surface area contributed by atoms with Crippen molar-refractivity contribution in [3.8, 4) is 11.5 Å². The highest BCUT2D eigenvalue weighted by Gasteiger charge is 2.35. The zero-order chi connectivity index (χ0) is 16.2. The van der Waals surface area contributed by atoms with Gasteiger partial charge in [0.15, 0.2) is 11.6 Å². The molecule has 0 saturated carbocycles. The molecule has 3 rings (SSSR count). The van der Waals surface area contributed by atoms with E-state index in [0.717, 1.165) is 6.07 Å². The van der Waals surface area contributed by atoms with E-state index in [1.54, 1.807) is 6.92 Å². The van der Waals surface area contributed by atoms with E-state index in [1.165, 1.54) is 18.2 Å². The summed E-state index contributed by atoms with van der Waals surface area (Å²) in [4.78, 5) is 36.1. The molecule has 0 unspecified atom stereocenters. The molecule has 1 aliphatic rings. The second-order valence-electron chi connectivity index (χ2n) is 5.03. The van der Waals surface area contributed by atoms with Crippen LogP contribution in [0.1, 0.15) is 47.8 Å². The van der Waals surface area contributed by atoms with Gasteiger partial charge < -0.3 is 15.3 Å². The minimum Gasteiger partial charge on any atom is -0.508 e. The van der Waals surface area contributed by atoms with Gasteiger partial charge in [-0.1, -0.05) is 0 Å². The van der Waals surface area contributed by atoms with Crippen molar-refractivity contribution in [2.75, 3.05) is 0 Å². The zero-order valence-corrected chi connectivity index (χ0v) is 11.4. The first-order valence-electron chi connectivity index (χ1n) is 6.35. The Morgan fingerprint density at radius 2 is 1.64 bits per heavy atom. The molecular weight excluding hydrogens is 288 g/mol. The molecule has 0 spiro atoms. The number of carbonyl (C=O) groups is 3. The van der Waals surface area contributed by atoms with E-state index in [-0.39, 0.29) is 28.0 Å². The zero-order valence-electron chi connectivity index (χ0n) is 11.4. The normalized spacial score (nSPS) is 12.8. The second kappa shape index (κ2) is 4.42. The van der Waals surface area contributed by atoms with Gasteiger partial charge in [-0.05, 0) is 36.8 Å². The molecule has 0 amide bonds. The predicted molar refractivity (Wildman–Crippen MR) is 74.8 cm³/mol. The Labute approximate surface area is 124 Å². The average molecular weight is 298 g/mol. The average Bonchev–Trinajstić information content (AvgIpc) is 2.43. The van der Waals surface area contributed by atoms with Crippen LogP contribution in [-0.2, 0) is 0 Å². The molecule has 6 nitrogen and oxygen atoms in total. The number of aryl methyl sites for hydroxylation is 1. The van der Waals surface area contributed by atoms with Gasteiger partial charge in [0.05, 0.1) is 5.56 Å². The first-order chi connectivity index (χ1) is 10.3. The largest absolute Gasteiger partial charge is 0.508 e. The molecule has 0 atom stereocenters. The minimum atomic E-state index is -1.39. The number of carboxylic acid groups (broad SMARTS) is 1. The second-order valence-corrected chi connectivity index (χ2v) is 5.03. The van der Waals surface area contributed by atoms with Crippen molar-refractivity contribution in [1.82, 2.24) is 0 Å². The molecule has 0 aliphatic heterocycles. The van der Waals surface area contributed by atoms with Crippen molar-refractivity contribution in [2.45, 2.75) is 6.92 Å². The van der Waals surface area contributed by atoms with Crippen molar-refractivity contribution < 1.29 is 29.7 Å². The molecule has 1 aliphatic carbocycles. The maximum Gasteiger partial charge on any atom is 0.339 e. The van der Waals surface area contributed by atoms with Crippen LogP contribution < -0.4 is 0 Å². The van der Waals surface area contributed by atoms with Gasteiger partial charge in [0.25, 0.3) is 0 Å². The molecule has 0 aromatic heterocycles. The molecule has 0 radical (unpaired) electrons. The fraction of sp³-hybridized carbons (Fsp3) is 0.0625. The van der Waals surface area contributed by atoms with Crippen LogP contribution in [0.25, 0.3) is 0 Å². The highest BCUT2D eigenvalue weighted by atomic mass is 16.4. The summed E-state index contributed by atoms with van der Waals surface area (Å²) < 4.78 is 0. The van der Waals surface area contributed by atoms with E-state index >= 15 is 0 Å². The van der Waals surface area contributed by atoms with E-state index in [0.29, 0.717) is 5.56 Å². The number of phenolic OH excluding ortho intramolecular Hbond substituents is 1. The topological polar surface area (TPSA) is 112 Å². The standard InChI is InChI=1S/C16H10O6/c1-6-4-7(17)5-10-11(6)15(20)12-8(13(10)18)2-3-9(14(12)19)16(21)22/h2-5,17,19H,1H3,(H,21,22). The van der Waals surface area contributed by atoms with E-state index in [4.69, 9.17) is 5.11 Å². The van der Waals surface area contributed by atoms with Crippen molar-refractivity contribution in [2.24, 2.45) is 0 Å². The Hall–Kier alpha value is -3.15. The Bertz CT molecular complexity index is 879. The summed E-state index contributed by atoms with van der Waals surface area (Å²) in [6, 6.07) is 4.78. The van der Waals surface area contributed by atoms with Crippen LogP contribution in [0, 0.1) is 6.92 Å². The monoisotopic (exact) mass is 298 g/mol. The van der Waals surface area contributed by atoms with Crippen LogP contribution in [-0.4, -0.2) is 32.9 Å². The molecule has 0 fully saturated rings. The summed E-state index contributed by atoms with van der Waals surface area (Å²) in [5.74, 6) is -3.44. The molecular formula is C16H10O6. The number of carboxylic acids is 1. The highest BCUT2D eigenvalue weighted by Crippen LogP contribution is 2.37. The third-order valence-electron chi connectivity index (χ3n) is 3.67. The summed E-state index contributed by atoms with van der Waals surface area (Å²) in [5, 5.41) is 28.7. The van der Waals surface area contributed by atoms with Crippen LogP contribution in [0.5, 0.6) is 11.5 Å². The maximum absolute atomic E-state index is 12.6. The number of rotatable bonds is 1. The van der Waals surface area contributed by atoms with Crippen LogP contribution in [0.4, 0.5) is 0 Å². The number of fused-ring (bicyclic) bond motifs is 2. The van der Waals surface area contributed by atoms with Crippen LogP contribution in [0.3, 0.4) is 0 Å². The van der Waals surface area contributed by atoms with Gasteiger partial charge >= 0.3 is 5.97 Å². The molecule has 0 heterocycles. The molecule has 22 heavy (non-hydrogen) atoms. The Balaban J connectivity index is 2.37. The third-order valence-corrected chi connectivity index (χ3v) is 3.67. The Morgan fingerprint density at radius 3 is 2.27 bits per heavy atom. The molecule has 110 valence electrons. The summed E-state index contributed by atoms with van der Waals surface area (Å²) >= 11 is 0. The van der Waals surface area contributed by atoms with E-state index < -0.39 is 28.8 Å². The van der Waals surface area contributed by atoms with Gasteiger partial charge in [0.1, 0.15) is 17.1 Å². The number of ketones is 2. The first-order valence-corrected chi connectivity index (χ1v) is 6.35. The number of hydrogen-bond donors (Lipinski definition) is 3. The number of benzene rings is 2. The van der Waals surface area contributed by atoms with Gasteiger partial charge in [-0.2, -0.15) is 0 Å². The van der Waals surface area contributed by atoms with Gasteiger partial charge in [0.2, 0.25) is 0 Å². The first kappa shape index (κ1) is 13.8. The Kier molecular flexibility index (Phi) is 2.78. The van der Waals surface area contributed by atoms with Gasteiger partial charge in [0, 0.05) is 16.7 Å². The molecule has 0 bridgehead atoms. The SMILES string of the molecule is Cc1cc(O)cc2c1C(=O)c1c(ccc(C(=O)O)c1O)C2=O. The van der Waals surface area contributed by atoms with Crippen molar-refractivity contribution in [3.05, 3.63) is 57.6 Å². The lowest BCUT2D eigenvalue weighted by Crippen LogP contribution is -2.23. The van der Waals surface area contributed by atoms with E-state index in [9.17, 15) is 24.6 Å². The lowest BCUT2D eigenvalue weighted by atomic mass is 9.80. The molecule has 2 aromatic rings. The summed E-state index contributed by atoms with van der Waals surface area (Å²) in [5.41, 5.74) is -0.360. The van der Waals surface area contributed by atoms with Gasteiger partial charge in [-0.15, -0.1) is 0 Å². The minimum absolute atomic E-state index is 0.0393. The number of aromatic carboxylic acids is 1. The maximum atomic E-state index is 12.6. The molecule has 2 aromatic carbocycles. The predicted octanol–water partition coefficient (Wildman–Crippen LogP) is 1.88. The summed E-state index contributed by atoms with van der Waals surface area (Å²) in [7, 11) is 0. The number of phenols is 2. The lowest BCUT2D eigenvalue weighted by molar-refractivity contribution is 0.0693. The van der Waals surface area contributed by atoms with Crippen LogP contribution in [0.2, 0.25) is 0 Å². The van der Waals surface area contributed by atoms with Crippen molar-refractivity contribution in [3.63, 3.8) is 0 Å². The third kappa shape index (κ3) is 1.70. The van der Waals surface area contributed by atoms with Crippen molar-refractivity contribution in [1.29, 1.82) is 0 Å². The number of hydrogen-bond acceptors (Lipinski definition) is 5. The van der Waals surface area contributed by atoms with E-state index in [1.807, 2.05) is 0 Å². The van der Waals surface area contributed by atoms with Gasteiger partial charge in [-0.3, -0.25) is 9.59 Å². The highest BCUT2D eigenvalue weighted by molar-refractivity contribution is 6.30. The van der Waals surface area contributed by atoms with Gasteiger partial charge in [-0.25, -0.2) is 4.79 Å². The Morgan fingerprint density at radius 1 is 0.955 bits per heavy atom. The van der Waals surface area contributed by atoms with E-state index in [2.05, 4.69) is 0 Å². The van der Waals surface area contributed by atoms with Crippen LogP contribution in [0.15, 0.2) is 24.3 Å². The van der Waals surface area contributed by atoms with Crippen LogP contribution >= 0.6 is 0 Å². The summed E-state index contributed by atoms with van der Waals surface area (Å²) in [6.07, 6.45) is 0. The lowest BCUT2D eigenvalue weighted by Gasteiger charge is -2.20. The number of aromatic hydroxyl groups is 2. The number of carbonyl (C=O) groups excluding carboxylic acids is 2. The van der Waals surface area contributed by atoms with Crippen molar-refractivity contribution >= 4 is 17.5 Å². The quantitative estimate of drug-likeness (QED) is 0.632. The molecule has 3 N–H and O–H groups in total.